The molecule has 0 radical (unpaired) electrons. The predicted molar refractivity (Wildman–Crippen MR) is 41.4 cm³/mol. The van der Waals surface area contributed by atoms with E-state index in [-0.39, 0.29) is 0 Å². The fourth-order valence-corrected chi connectivity index (χ4v) is 1.74. The topological polar surface area (TPSA) is 23.8 Å². The average Bonchev–Trinajstić information content (AvgIpc) is 2.03. The Labute approximate surface area is 63.0 Å². The van der Waals surface area contributed by atoms with Crippen LogP contribution in [0.4, 0.5) is 0 Å². The zero-order valence-electron chi connectivity index (χ0n) is 6.47. The van der Waals surface area contributed by atoms with Gasteiger partial charge in [0.1, 0.15) is 0 Å². The Bertz CT molecular complexity index is 117. The minimum Gasteiger partial charge on any atom is -0.198 e. The van der Waals surface area contributed by atoms with Gasteiger partial charge in [0.2, 0.25) is 0 Å². The fourth-order valence-electron chi connectivity index (χ4n) is 1.74. The van der Waals surface area contributed by atoms with Crippen LogP contribution in [0.5, 0.6) is 0 Å². The van der Waals surface area contributed by atoms with Gasteiger partial charge < -0.3 is 0 Å². The van der Waals surface area contributed by atoms with E-state index in [9.17, 15) is 0 Å². The molecule has 0 amide bonds. The number of nitriles is 1. The van der Waals surface area contributed by atoms with E-state index in [1.807, 2.05) is 0 Å². The van der Waals surface area contributed by atoms with E-state index in [2.05, 4.69) is 6.07 Å². The van der Waals surface area contributed by atoms with E-state index >= 15 is 0 Å². The third-order valence-corrected chi connectivity index (χ3v) is 2.39. The van der Waals surface area contributed by atoms with Crippen LogP contribution < -0.4 is 0 Å². The standard InChI is InChI=1S/C9H15N/c10-8-4-7-9-5-2-1-3-6-9/h9H,1-7H2. The summed E-state index contributed by atoms with van der Waals surface area (Å²) in [6, 6.07) is 2.21. The molecule has 1 aliphatic rings. The van der Waals surface area contributed by atoms with Crippen molar-refractivity contribution in [2.75, 3.05) is 0 Å². The first-order valence-corrected chi connectivity index (χ1v) is 4.30. The molecule has 0 atom stereocenters. The highest BCUT2D eigenvalue weighted by Crippen LogP contribution is 2.26. The highest BCUT2D eigenvalue weighted by atomic mass is 14.2. The van der Waals surface area contributed by atoms with Crippen LogP contribution in [0, 0.1) is 17.2 Å². The zero-order valence-corrected chi connectivity index (χ0v) is 6.47. The number of rotatable bonds is 2. The number of hydrogen-bond donors (Lipinski definition) is 0. The minimum atomic E-state index is 0.769. The largest absolute Gasteiger partial charge is 0.198 e. The van der Waals surface area contributed by atoms with Crippen molar-refractivity contribution in [1.29, 1.82) is 5.26 Å². The van der Waals surface area contributed by atoms with Gasteiger partial charge in [0, 0.05) is 6.42 Å². The molecular formula is C9H15N. The lowest BCUT2D eigenvalue weighted by Crippen LogP contribution is -2.05. The highest BCUT2D eigenvalue weighted by Gasteiger charge is 2.11. The lowest BCUT2D eigenvalue weighted by atomic mass is 9.86. The summed E-state index contributed by atoms with van der Waals surface area (Å²) in [5, 5.41) is 8.35. The van der Waals surface area contributed by atoms with Gasteiger partial charge in [-0.3, -0.25) is 0 Å². The van der Waals surface area contributed by atoms with Crippen molar-refractivity contribution in [2.45, 2.75) is 44.9 Å². The van der Waals surface area contributed by atoms with E-state index in [1.165, 1.54) is 32.1 Å². The molecule has 1 aliphatic carbocycles. The SMILES string of the molecule is N#CCCC1CCCCC1. The van der Waals surface area contributed by atoms with Crippen LogP contribution in [0.15, 0.2) is 0 Å². The Morgan fingerprint density at radius 3 is 2.50 bits per heavy atom. The summed E-state index contributed by atoms with van der Waals surface area (Å²) >= 11 is 0. The molecule has 56 valence electrons. The molecule has 0 spiro atoms. The van der Waals surface area contributed by atoms with Crippen molar-refractivity contribution in [3.63, 3.8) is 0 Å². The molecule has 1 saturated carbocycles. The summed E-state index contributed by atoms with van der Waals surface area (Å²) in [6.45, 7) is 0. The van der Waals surface area contributed by atoms with Crippen molar-refractivity contribution >= 4 is 0 Å². The summed E-state index contributed by atoms with van der Waals surface area (Å²) in [5.41, 5.74) is 0. The van der Waals surface area contributed by atoms with Crippen molar-refractivity contribution in [1.82, 2.24) is 0 Å². The van der Waals surface area contributed by atoms with E-state index in [1.54, 1.807) is 0 Å². The summed E-state index contributed by atoms with van der Waals surface area (Å²) in [7, 11) is 0. The second kappa shape index (κ2) is 4.33. The molecule has 0 heterocycles. The van der Waals surface area contributed by atoms with Crippen LogP contribution in [-0.2, 0) is 0 Å². The Morgan fingerprint density at radius 2 is 1.90 bits per heavy atom. The third kappa shape index (κ3) is 2.39. The predicted octanol–water partition coefficient (Wildman–Crippen LogP) is 2.87. The third-order valence-electron chi connectivity index (χ3n) is 2.39. The summed E-state index contributed by atoms with van der Waals surface area (Å²) in [6.07, 6.45) is 8.89. The van der Waals surface area contributed by atoms with Crippen LogP contribution in [0.1, 0.15) is 44.9 Å². The van der Waals surface area contributed by atoms with Gasteiger partial charge >= 0.3 is 0 Å². The Kier molecular flexibility index (Phi) is 3.29. The number of nitrogens with zero attached hydrogens (tertiary/aromatic N) is 1. The molecule has 1 heteroatoms. The van der Waals surface area contributed by atoms with Crippen molar-refractivity contribution < 1.29 is 0 Å². The molecular weight excluding hydrogens is 122 g/mol. The van der Waals surface area contributed by atoms with Gasteiger partial charge in [-0.05, 0) is 12.3 Å². The lowest BCUT2D eigenvalue weighted by molar-refractivity contribution is 0.342. The van der Waals surface area contributed by atoms with Gasteiger partial charge in [0.25, 0.3) is 0 Å². The van der Waals surface area contributed by atoms with Crippen molar-refractivity contribution in [3.05, 3.63) is 0 Å². The molecule has 0 aliphatic heterocycles. The van der Waals surface area contributed by atoms with Gasteiger partial charge in [-0.1, -0.05) is 32.1 Å². The molecule has 1 fully saturated rings. The molecule has 0 aromatic heterocycles. The van der Waals surface area contributed by atoms with E-state index in [0.29, 0.717) is 0 Å². The Hall–Kier alpha value is -0.510. The lowest BCUT2D eigenvalue weighted by Gasteiger charge is -2.19. The molecule has 0 bridgehead atoms. The molecule has 10 heavy (non-hydrogen) atoms. The normalized spacial score (nSPS) is 20.3. The Morgan fingerprint density at radius 1 is 1.20 bits per heavy atom. The molecule has 1 rings (SSSR count). The van der Waals surface area contributed by atoms with Gasteiger partial charge in [-0.15, -0.1) is 0 Å². The summed E-state index contributed by atoms with van der Waals surface area (Å²) in [5.74, 6) is 0.883. The van der Waals surface area contributed by atoms with E-state index < -0.39 is 0 Å². The first-order chi connectivity index (χ1) is 4.93. The maximum atomic E-state index is 8.35. The van der Waals surface area contributed by atoms with Gasteiger partial charge in [0.15, 0.2) is 0 Å². The first kappa shape index (κ1) is 7.60. The monoisotopic (exact) mass is 137 g/mol. The maximum Gasteiger partial charge on any atom is 0.0621 e. The van der Waals surface area contributed by atoms with Crippen LogP contribution in [0.3, 0.4) is 0 Å². The van der Waals surface area contributed by atoms with Gasteiger partial charge in [0.05, 0.1) is 6.07 Å². The molecule has 0 saturated heterocycles. The van der Waals surface area contributed by atoms with Gasteiger partial charge in [-0.2, -0.15) is 5.26 Å². The van der Waals surface area contributed by atoms with Gasteiger partial charge in [-0.25, -0.2) is 0 Å². The smallest absolute Gasteiger partial charge is 0.0621 e. The van der Waals surface area contributed by atoms with E-state index in [0.717, 1.165) is 18.8 Å². The quantitative estimate of drug-likeness (QED) is 0.574. The van der Waals surface area contributed by atoms with Crippen LogP contribution >= 0.6 is 0 Å². The Balaban J connectivity index is 2.09. The molecule has 0 N–H and O–H groups in total. The van der Waals surface area contributed by atoms with Crippen LogP contribution in [-0.4, -0.2) is 0 Å². The van der Waals surface area contributed by atoms with Crippen LogP contribution in [0.2, 0.25) is 0 Å². The zero-order chi connectivity index (χ0) is 7.23. The molecule has 0 aromatic carbocycles. The van der Waals surface area contributed by atoms with Crippen molar-refractivity contribution in [3.8, 4) is 6.07 Å². The second-order valence-electron chi connectivity index (χ2n) is 3.20. The number of hydrogen-bond acceptors (Lipinski definition) is 1. The summed E-state index contributed by atoms with van der Waals surface area (Å²) in [4.78, 5) is 0. The fraction of sp³-hybridized carbons (Fsp3) is 0.889. The highest BCUT2D eigenvalue weighted by molar-refractivity contribution is 4.74. The second-order valence-corrected chi connectivity index (χ2v) is 3.20. The molecule has 1 nitrogen and oxygen atoms in total. The van der Waals surface area contributed by atoms with E-state index in [4.69, 9.17) is 5.26 Å². The van der Waals surface area contributed by atoms with Crippen LogP contribution in [0.25, 0.3) is 0 Å². The molecule has 0 aromatic rings. The maximum absolute atomic E-state index is 8.35. The minimum absolute atomic E-state index is 0.769. The average molecular weight is 137 g/mol. The first-order valence-electron chi connectivity index (χ1n) is 4.30. The summed E-state index contributed by atoms with van der Waals surface area (Å²) < 4.78 is 0. The van der Waals surface area contributed by atoms with Crippen molar-refractivity contribution in [2.24, 2.45) is 5.92 Å². The molecule has 0 unspecified atom stereocenters.